The molecule has 5 aromatic rings. The van der Waals surface area contributed by atoms with E-state index in [0.29, 0.717) is 40.4 Å². The van der Waals surface area contributed by atoms with Crippen LogP contribution >= 0.6 is 0 Å². The molecule has 7 rings (SSSR count). The van der Waals surface area contributed by atoms with E-state index in [1.807, 2.05) is 37.4 Å². The van der Waals surface area contributed by atoms with Crippen molar-refractivity contribution in [1.29, 1.82) is 0 Å². The van der Waals surface area contributed by atoms with Gasteiger partial charge in [-0.25, -0.2) is 4.98 Å². The third-order valence-corrected chi connectivity index (χ3v) is 7.39. The van der Waals surface area contributed by atoms with Gasteiger partial charge in [-0.3, -0.25) is 4.79 Å². The van der Waals surface area contributed by atoms with Gasteiger partial charge in [0.2, 0.25) is 11.8 Å². The highest BCUT2D eigenvalue weighted by atomic mass is 16.5. The van der Waals surface area contributed by atoms with E-state index in [-0.39, 0.29) is 6.10 Å². The molecule has 10 nitrogen and oxygen atoms in total. The standard InChI is InChI=1S/C29H28N6O4/c1-16-31-21-9-7-17(13-23(21)38-16)20-14-30-27-24(20)28(39-19-5-3-4-6-19)34-29(33-27)32-22-10-8-18(15-36)25(26(22)37-2)35-11-12-35/h7-10,13-15,19H,3-6,11-12H2,1-2H3,(H2,30,32,33,34). The Morgan fingerprint density at radius 1 is 1.13 bits per heavy atom. The third kappa shape index (κ3) is 4.21. The molecule has 0 bridgehead atoms. The Balaban J connectivity index is 1.33. The smallest absolute Gasteiger partial charge is 0.232 e. The van der Waals surface area contributed by atoms with Crippen LogP contribution in [0, 0.1) is 6.92 Å². The Labute approximate surface area is 224 Å². The lowest BCUT2D eigenvalue weighted by molar-refractivity contribution is 0.112. The first-order valence-electron chi connectivity index (χ1n) is 13.2. The number of oxazole rings is 1. The lowest BCUT2D eigenvalue weighted by Crippen LogP contribution is -2.13. The minimum atomic E-state index is 0.105. The molecule has 1 saturated heterocycles. The second kappa shape index (κ2) is 9.30. The molecule has 39 heavy (non-hydrogen) atoms. The van der Waals surface area contributed by atoms with Gasteiger partial charge >= 0.3 is 0 Å². The normalized spacial score (nSPS) is 15.3. The molecule has 3 aromatic heterocycles. The Morgan fingerprint density at radius 3 is 2.74 bits per heavy atom. The third-order valence-electron chi connectivity index (χ3n) is 7.39. The van der Waals surface area contributed by atoms with Gasteiger partial charge in [0.15, 0.2) is 23.5 Å². The summed E-state index contributed by atoms with van der Waals surface area (Å²) in [6, 6.07) is 9.56. The molecule has 0 unspecified atom stereocenters. The van der Waals surface area contributed by atoms with Crippen molar-refractivity contribution < 1.29 is 18.7 Å². The number of fused-ring (bicyclic) bond motifs is 2. The average Bonchev–Trinajstić information content (AvgIpc) is 3.29. The second-order valence-corrected chi connectivity index (χ2v) is 10.0. The van der Waals surface area contributed by atoms with Crippen LogP contribution in [0.4, 0.5) is 17.3 Å². The number of anilines is 3. The summed E-state index contributed by atoms with van der Waals surface area (Å²) in [5.41, 5.74) is 6.12. The van der Waals surface area contributed by atoms with Gasteiger partial charge in [0, 0.05) is 37.3 Å². The number of benzene rings is 2. The summed E-state index contributed by atoms with van der Waals surface area (Å²) in [7, 11) is 1.60. The van der Waals surface area contributed by atoms with Gasteiger partial charge in [0.1, 0.15) is 17.3 Å². The topological polar surface area (TPSA) is 118 Å². The number of hydrogen-bond donors (Lipinski definition) is 2. The number of carbonyl (C=O) groups is 1. The lowest BCUT2D eigenvalue weighted by Gasteiger charge is -2.18. The molecule has 0 radical (unpaired) electrons. The molecule has 2 aromatic carbocycles. The number of hydrogen-bond acceptors (Lipinski definition) is 9. The fourth-order valence-electron chi connectivity index (χ4n) is 5.45. The maximum absolute atomic E-state index is 11.7. The van der Waals surface area contributed by atoms with Gasteiger partial charge in [0.05, 0.1) is 23.9 Å². The SMILES string of the molecule is COc1c(Nc2nc(OC3CCCC3)c3c(-c4ccc5nc(C)oc5c4)c[nH]c3n2)ccc(C=O)c1N1CC1. The zero-order valence-corrected chi connectivity index (χ0v) is 21.8. The molecular formula is C29H28N6O4. The summed E-state index contributed by atoms with van der Waals surface area (Å²) < 4.78 is 18.0. The Bertz CT molecular complexity index is 1710. The van der Waals surface area contributed by atoms with Gasteiger partial charge in [-0.2, -0.15) is 9.97 Å². The quantitative estimate of drug-likeness (QED) is 0.192. The van der Waals surface area contributed by atoms with E-state index in [0.717, 1.165) is 78.4 Å². The molecule has 4 heterocycles. The van der Waals surface area contributed by atoms with E-state index < -0.39 is 0 Å². The van der Waals surface area contributed by atoms with Crippen LogP contribution in [0.2, 0.25) is 0 Å². The van der Waals surface area contributed by atoms with E-state index in [4.69, 9.17) is 23.9 Å². The number of H-pyrrole nitrogens is 1. The second-order valence-electron chi connectivity index (χ2n) is 10.0. The highest BCUT2D eigenvalue weighted by Gasteiger charge is 2.28. The first kappa shape index (κ1) is 23.5. The Morgan fingerprint density at radius 2 is 1.97 bits per heavy atom. The van der Waals surface area contributed by atoms with Gasteiger partial charge in [-0.05, 0) is 55.5 Å². The molecule has 1 aliphatic heterocycles. The van der Waals surface area contributed by atoms with Crippen LogP contribution in [0.5, 0.6) is 11.6 Å². The Hall–Kier alpha value is -4.60. The zero-order chi connectivity index (χ0) is 26.5. The molecule has 0 spiro atoms. The van der Waals surface area contributed by atoms with Crippen molar-refractivity contribution in [2.75, 3.05) is 30.4 Å². The van der Waals surface area contributed by atoms with Crippen molar-refractivity contribution in [2.24, 2.45) is 0 Å². The number of aldehydes is 1. The molecule has 1 saturated carbocycles. The number of aromatic nitrogens is 4. The van der Waals surface area contributed by atoms with E-state index in [9.17, 15) is 4.79 Å². The van der Waals surface area contributed by atoms with Gasteiger partial charge in [-0.1, -0.05) is 6.07 Å². The summed E-state index contributed by atoms with van der Waals surface area (Å²) in [6.45, 7) is 3.61. The highest BCUT2D eigenvalue weighted by molar-refractivity contribution is 5.99. The number of nitrogens with one attached hydrogen (secondary N) is 2. The van der Waals surface area contributed by atoms with Crippen LogP contribution in [0.3, 0.4) is 0 Å². The van der Waals surface area contributed by atoms with E-state index >= 15 is 0 Å². The molecule has 1 aliphatic carbocycles. The maximum atomic E-state index is 11.7. The minimum absolute atomic E-state index is 0.105. The van der Waals surface area contributed by atoms with Crippen LogP contribution in [0.1, 0.15) is 41.9 Å². The fraction of sp³-hybridized carbons (Fsp3) is 0.310. The monoisotopic (exact) mass is 524 g/mol. The lowest BCUT2D eigenvalue weighted by atomic mass is 10.1. The summed E-state index contributed by atoms with van der Waals surface area (Å²) >= 11 is 0. The molecule has 198 valence electrons. The van der Waals surface area contributed by atoms with Crippen LogP contribution in [-0.2, 0) is 0 Å². The molecule has 2 aliphatic rings. The number of rotatable bonds is 8. The number of methoxy groups -OCH3 is 1. The number of carbonyl (C=O) groups excluding carboxylic acids is 1. The van der Waals surface area contributed by atoms with Crippen molar-refractivity contribution in [2.45, 2.75) is 38.7 Å². The van der Waals surface area contributed by atoms with Crippen molar-refractivity contribution in [3.8, 4) is 22.8 Å². The van der Waals surface area contributed by atoms with Gasteiger partial charge < -0.3 is 29.1 Å². The van der Waals surface area contributed by atoms with Crippen molar-refractivity contribution in [1.82, 2.24) is 19.9 Å². The Kier molecular flexibility index (Phi) is 5.61. The number of aryl methyl sites for hydroxylation is 1. The zero-order valence-electron chi connectivity index (χ0n) is 21.8. The van der Waals surface area contributed by atoms with Crippen LogP contribution in [0.15, 0.2) is 40.9 Å². The fourth-order valence-corrected chi connectivity index (χ4v) is 5.45. The van der Waals surface area contributed by atoms with Gasteiger partial charge in [-0.15, -0.1) is 0 Å². The van der Waals surface area contributed by atoms with Crippen LogP contribution < -0.4 is 19.7 Å². The van der Waals surface area contributed by atoms with E-state index in [1.54, 1.807) is 13.2 Å². The van der Waals surface area contributed by atoms with Crippen LogP contribution in [-0.4, -0.2) is 52.5 Å². The van der Waals surface area contributed by atoms with Crippen molar-refractivity contribution in [3.05, 3.63) is 48.0 Å². The predicted molar refractivity (Wildman–Crippen MR) is 148 cm³/mol. The largest absolute Gasteiger partial charge is 0.492 e. The summed E-state index contributed by atoms with van der Waals surface area (Å²) in [5.74, 6) is 2.11. The predicted octanol–water partition coefficient (Wildman–Crippen LogP) is 5.78. The number of nitrogens with zero attached hydrogens (tertiary/aromatic N) is 4. The molecule has 0 amide bonds. The first-order chi connectivity index (χ1) is 19.1. The average molecular weight is 525 g/mol. The summed E-state index contributed by atoms with van der Waals surface area (Å²) in [4.78, 5) is 31.2. The van der Waals surface area contributed by atoms with Crippen molar-refractivity contribution >= 4 is 45.7 Å². The highest BCUT2D eigenvalue weighted by Crippen LogP contribution is 2.43. The molecule has 2 N–H and O–H groups in total. The summed E-state index contributed by atoms with van der Waals surface area (Å²) in [6.07, 6.45) is 7.17. The number of aromatic amines is 1. The van der Waals surface area contributed by atoms with Gasteiger partial charge in [0.25, 0.3) is 0 Å². The minimum Gasteiger partial charge on any atom is -0.492 e. The molecule has 0 atom stereocenters. The molecule has 2 fully saturated rings. The van der Waals surface area contributed by atoms with E-state index in [2.05, 4.69) is 20.2 Å². The summed E-state index contributed by atoms with van der Waals surface area (Å²) in [5, 5.41) is 4.13. The van der Waals surface area contributed by atoms with Crippen molar-refractivity contribution in [3.63, 3.8) is 0 Å². The first-order valence-corrected chi connectivity index (χ1v) is 13.2. The van der Waals surface area contributed by atoms with E-state index in [1.165, 1.54) is 0 Å². The molecular weight excluding hydrogens is 496 g/mol. The molecule has 10 heteroatoms. The van der Waals surface area contributed by atoms with Crippen LogP contribution in [0.25, 0.3) is 33.3 Å². The number of ether oxygens (including phenoxy) is 2. The maximum Gasteiger partial charge on any atom is 0.232 e.